The van der Waals surface area contributed by atoms with E-state index in [-0.39, 0.29) is 10.4 Å². The highest BCUT2D eigenvalue weighted by molar-refractivity contribution is 7.80. The zero-order valence-electron chi connectivity index (χ0n) is 16.3. The molecule has 0 aromatic heterocycles. The molecule has 25 heavy (non-hydrogen) atoms. The lowest BCUT2D eigenvalue weighted by Gasteiger charge is -2.35. The number of thiol groups is 1. The molecule has 0 saturated carbocycles. The maximum atomic E-state index is 10.8. The molecule has 0 fully saturated rings. The highest BCUT2D eigenvalue weighted by Gasteiger charge is 2.33. The van der Waals surface area contributed by atoms with Gasteiger partial charge in [0.2, 0.25) is 0 Å². The third kappa shape index (κ3) is 4.23. The zero-order valence-corrected chi connectivity index (χ0v) is 18.2. The maximum Gasteiger partial charge on any atom is 0.122 e. The predicted octanol–water partition coefficient (Wildman–Crippen LogP) is 6.33. The van der Waals surface area contributed by atoms with Gasteiger partial charge in [-0.25, -0.2) is 0 Å². The summed E-state index contributed by atoms with van der Waals surface area (Å²) >= 11 is 4.71. The highest BCUT2D eigenvalue weighted by Crippen LogP contribution is 2.51. The highest BCUT2D eigenvalue weighted by atomic mass is 32.1. The van der Waals surface area contributed by atoms with Gasteiger partial charge in [-0.3, -0.25) is 0 Å². The second-order valence-corrected chi connectivity index (χ2v) is 9.68. The van der Waals surface area contributed by atoms with Crippen LogP contribution in [0.1, 0.15) is 66.7 Å². The van der Waals surface area contributed by atoms with E-state index >= 15 is 0 Å². The van der Waals surface area contributed by atoms with Gasteiger partial charge in [0.05, 0.1) is 0 Å². The first kappa shape index (κ1) is 20.3. The summed E-state index contributed by atoms with van der Waals surface area (Å²) in [5.74, 6) is 0.467. The normalized spacial score (nSPS) is 13.6. The Balaban J connectivity index is 2.60. The number of phenolic OH excluding ortho intramolecular Hbond substituents is 1. The molecule has 0 saturated heterocycles. The van der Waals surface area contributed by atoms with Gasteiger partial charge >= 0.3 is 0 Å². The minimum Gasteiger partial charge on any atom is -0.507 e. The van der Waals surface area contributed by atoms with E-state index in [0.29, 0.717) is 14.3 Å². The Hall–Kier alpha value is -0.980. The number of aromatic hydroxyl groups is 1. The monoisotopic (exact) mass is 374 g/mol. The van der Waals surface area contributed by atoms with Crippen LogP contribution >= 0.6 is 21.2 Å². The minimum absolute atomic E-state index is 0.0342. The van der Waals surface area contributed by atoms with Gasteiger partial charge in [-0.15, -0.1) is 0 Å². The van der Waals surface area contributed by atoms with Crippen molar-refractivity contribution in [3.63, 3.8) is 0 Å². The molecule has 136 valence electrons. The quantitative estimate of drug-likeness (QED) is 0.447. The Kier molecular flexibility index (Phi) is 6.62. The molecular weight excluding hydrogens is 343 g/mol. The van der Waals surface area contributed by atoms with Crippen molar-refractivity contribution in [2.24, 2.45) is 0 Å². The zero-order chi connectivity index (χ0) is 18.8. The molecule has 2 atom stereocenters. The lowest BCUT2D eigenvalue weighted by Crippen LogP contribution is -2.24. The Morgan fingerprint density at radius 1 is 1.04 bits per heavy atom. The Morgan fingerprint density at radius 3 is 2.24 bits per heavy atom. The van der Waals surface area contributed by atoms with Crippen molar-refractivity contribution < 1.29 is 5.11 Å². The first-order valence-corrected chi connectivity index (χ1v) is 10.6. The number of benzene rings is 2. The smallest absolute Gasteiger partial charge is 0.122 e. The van der Waals surface area contributed by atoms with E-state index in [1.54, 1.807) is 0 Å². The van der Waals surface area contributed by atoms with Crippen LogP contribution in [0.5, 0.6) is 5.75 Å². The summed E-state index contributed by atoms with van der Waals surface area (Å²) in [7, 11) is 0.612. The average molecular weight is 375 g/mol. The van der Waals surface area contributed by atoms with Crippen LogP contribution in [0.15, 0.2) is 30.3 Å². The summed E-state index contributed by atoms with van der Waals surface area (Å²) < 4.78 is 0. The van der Waals surface area contributed by atoms with Crippen molar-refractivity contribution in [2.75, 3.05) is 0 Å². The molecule has 1 N–H and O–H groups in total. The van der Waals surface area contributed by atoms with Gasteiger partial charge < -0.3 is 5.11 Å². The van der Waals surface area contributed by atoms with Crippen molar-refractivity contribution >= 4 is 26.5 Å². The van der Waals surface area contributed by atoms with Crippen LogP contribution in [-0.2, 0) is 5.16 Å². The third-order valence-electron chi connectivity index (χ3n) is 5.20. The van der Waals surface area contributed by atoms with Gasteiger partial charge in [-0.05, 0) is 57.0 Å². The molecule has 2 aromatic carbocycles. The molecule has 3 heteroatoms. The van der Waals surface area contributed by atoms with E-state index in [2.05, 4.69) is 65.0 Å². The van der Waals surface area contributed by atoms with E-state index in [4.69, 9.17) is 12.6 Å². The Morgan fingerprint density at radius 2 is 1.68 bits per heavy atom. The fourth-order valence-electron chi connectivity index (χ4n) is 3.60. The molecule has 1 nitrogen and oxygen atoms in total. The van der Waals surface area contributed by atoms with E-state index in [0.717, 1.165) is 24.0 Å². The van der Waals surface area contributed by atoms with Crippen molar-refractivity contribution in [1.29, 1.82) is 0 Å². The standard InChI is InChI=1S/C22H31OPS/c1-7-22(8-2,19-13-15(4)11-16(5)21(19)23)24-20-10-9-14(3)12-18(20)17(6)25/h9-13,17,23-25H,7-8H2,1-6H3. The largest absolute Gasteiger partial charge is 0.507 e. The fraction of sp³-hybridized carbons (Fsp3) is 0.455. The second kappa shape index (κ2) is 8.14. The van der Waals surface area contributed by atoms with Crippen LogP contribution in [0, 0.1) is 20.8 Å². The summed E-state index contributed by atoms with van der Waals surface area (Å²) in [4.78, 5) is 0. The first-order chi connectivity index (χ1) is 11.7. The molecule has 0 aliphatic carbocycles. The van der Waals surface area contributed by atoms with Gasteiger partial charge in [0.15, 0.2) is 0 Å². The van der Waals surface area contributed by atoms with Crippen LogP contribution in [0.4, 0.5) is 0 Å². The number of hydrogen-bond donors (Lipinski definition) is 2. The molecule has 2 rings (SSSR count). The molecule has 0 radical (unpaired) electrons. The van der Waals surface area contributed by atoms with Gasteiger partial charge in [0.25, 0.3) is 0 Å². The molecular formula is C22H31OPS. The lowest BCUT2D eigenvalue weighted by atomic mass is 9.89. The lowest BCUT2D eigenvalue weighted by molar-refractivity contribution is 0.444. The topological polar surface area (TPSA) is 20.2 Å². The van der Waals surface area contributed by atoms with E-state index in [9.17, 15) is 5.11 Å². The van der Waals surface area contributed by atoms with Crippen molar-refractivity contribution in [3.05, 3.63) is 58.1 Å². The van der Waals surface area contributed by atoms with Crippen LogP contribution in [0.2, 0.25) is 0 Å². The van der Waals surface area contributed by atoms with Crippen molar-refractivity contribution in [2.45, 2.75) is 64.8 Å². The minimum atomic E-state index is -0.0342. The van der Waals surface area contributed by atoms with E-state index in [1.807, 2.05) is 6.92 Å². The summed E-state index contributed by atoms with van der Waals surface area (Å²) in [5, 5.41) is 12.4. The molecule has 0 amide bonds. The molecule has 0 bridgehead atoms. The van der Waals surface area contributed by atoms with E-state index in [1.165, 1.54) is 22.0 Å². The molecule has 2 unspecified atom stereocenters. The Bertz CT molecular complexity index is 748. The van der Waals surface area contributed by atoms with Crippen LogP contribution < -0.4 is 5.30 Å². The molecule has 0 spiro atoms. The molecule has 0 heterocycles. The number of rotatable bonds is 6. The van der Waals surface area contributed by atoms with Crippen molar-refractivity contribution in [1.82, 2.24) is 0 Å². The number of hydrogen-bond acceptors (Lipinski definition) is 2. The Labute approximate surface area is 160 Å². The van der Waals surface area contributed by atoms with Crippen LogP contribution in [0.25, 0.3) is 0 Å². The molecule has 0 aliphatic rings. The summed E-state index contributed by atoms with van der Waals surface area (Å²) in [6.45, 7) is 12.9. The summed E-state index contributed by atoms with van der Waals surface area (Å²) in [6.07, 6.45) is 2.01. The summed E-state index contributed by atoms with van der Waals surface area (Å²) in [5.41, 5.74) is 5.88. The summed E-state index contributed by atoms with van der Waals surface area (Å²) in [6, 6.07) is 11.0. The molecule has 2 aromatic rings. The van der Waals surface area contributed by atoms with Crippen molar-refractivity contribution in [3.8, 4) is 5.75 Å². The number of phenols is 1. The maximum absolute atomic E-state index is 10.8. The van der Waals surface area contributed by atoms with E-state index < -0.39 is 0 Å². The van der Waals surface area contributed by atoms with Gasteiger partial charge in [-0.1, -0.05) is 63.9 Å². The second-order valence-electron chi connectivity index (χ2n) is 7.16. The first-order valence-electron chi connectivity index (χ1n) is 9.11. The average Bonchev–Trinajstić information content (AvgIpc) is 2.57. The van der Waals surface area contributed by atoms with Crippen LogP contribution in [0.3, 0.4) is 0 Å². The van der Waals surface area contributed by atoms with Gasteiger partial charge in [0, 0.05) is 16.0 Å². The third-order valence-corrected chi connectivity index (χ3v) is 7.66. The van der Waals surface area contributed by atoms with Gasteiger partial charge in [-0.2, -0.15) is 12.6 Å². The SMILES string of the molecule is CCC(CC)(Pc1ccc(C)cc1C(C)S)c1cc(C)cc(C)c1O. The fourth-order valence-corrected chi connectivity index (χ4v) is 5.73. The van der Waals surface area contributed by atoms with Gasteiger partial charge in [0.1, 0.15) is 5.75 Å². The number of aryl methyl sites for hydroxylation is 3. The van der Waals surface area contributed by atoms with Crippen LogP contribution in [-0.4, -0.2) is 5.11 Å². The molecule has 0 aliphatic heterocycles. The predicted molar refractivity (Wildman–Crippen MR) is 116 cm³/mol.